The molecule has 1 aliphatic heterocycles. The summed E-state index contributed by atoms with van der Waals surface area (Å²) in [5, 5.41) is 0.727. The SMILES string of the molecule is Cc1cc(C)cc(N2C[C@H](c3nc4ccccc4n3Cc3ccc(Cl)cc3)CC2=O)c1. The molecule has 0 N–H and O–H groups in total. The molecule has 5 heteroatoms. The molecule has 3 aromatic carbocycles. The topological polar surface area (TPSA) is 38.1 Å². The van der Waals surface area contributed by atoms with E-state index in [0.717, 1.165) is 33.1 Å². The van der Waals surface area contributed by atoms with Gasteiger partial charge in [0.05, 0.1) is 11.0 Å². The number of halogens is 1. The highest BCUT2D eigenvalue weighted by atomic mass is 35.5. The summed E-state index contributed by atoms with van der Waals surface area (Å²) >= 11 is 6.07. The van der Waals surface area contributed by atoms with E-state index in [2.05, 4.69) is 42.7 Å². The number of aryl methyl sites for hydroxylation is 2. The second-order valence-electron chi connectivity index (χ2n) is 8.42. The predicted molar refractivity (Wildman–Crippen MR) is 126 cm³/mol. The lowest BCUT2D eigenvalue weighted by Crippen LogP contribution is -2.24. The number of hydrogen-bond donors (Lipinski definition) is 0. The molecule has 1 saturated heterocycles. The second-order valence-corrected chi connectivity index (χ2v) is 8.86. The molecule has 0 spiro atoms. The largest absolute Gasteiger partial charge is 0.323 e. The lowest BCUT2D eigenvalue weighted by atomic mass is 10.1. The zero-order valence-corrected chi connectivity index (χ0v) is 18.4. The van der Waals surface area contributed by atoms with Gasteiger partial charge in [0.2, 0.25) is 5.91 Å². The Hall–Kier alpha value is -3.11. The van der Waals surface area contributed by atoms with Crippen LogP contribution in [0, 0.1) is 13.8 Å². The summed E-state index contributed by atoms with van der Waals surface area (Å²) in [7, 11) is 0. The van der Waals surface area contributed by atoms with Crippen molar-refractivity contribution in [1.29, 1.82) is 0 Å². The molecule has 0 radical (unpaired) electrons. The first kappa shape index (κ1) is 19.8. The maximum Gasteiger partial charge on any atom is 0.227 e. The molecule has 5 rings (SSSR count). The van der Waals surface area contributed by atoms with Crippen molar-refractivity contribution in [3.8, 4) is 0 Å². The lowest BCUT2D eigenvalue weighted by Gasteiger charge is -2.19. The Morgan fingerprint density at radius 3 is 2.45 bits per heavy atom. The van der Waals surface area contributed by atoms with Crippen LogP contribution in [0.4, 0.5) is 5.69 Å². The molecule has 4 aromatic rings. The number of benzene rings is 3. The van der Waals surface area contributed by atoms with E-state index >= 15 is 0 Å². The lowest BCUT2D eigenvalue weighted by molar-refractivity contribution is -0.117. The number of aromatic nitrogens is 2. The van der Waals surface area contributed by atoms with Gasteiger partial charge in [-0.25, -0.2) is 4.98 Å². The third-order valence-corrected chi connectivity index (χ3v) is 6.20. The second kappa shape index (κ2) is 7.86. The van der Waals surface area contributed by atoms with Gasteiger partial charge in [-0.1, -0.05) is 41.9 Å². The highest BCUT2D eigenvalue weighted by Gasteiger charge is 2.35. The number of para-hydroxylation sites is 2. The highest BCUT2D eigenvalue weighted by molar-refractivity contribution is 6.30. The van der Waals surface area contributed by atoms with E-state index in [1.807, 2.05) is 47.4 Å². The molecule has 1 amide bonds. The number of fused-ring (bicyclic) bond motifs is 1. The quantitative estimate of drug-likeness (QED) is 0.406. The Kier molecular flexibility index (Phi) is 5.03. The van der Waals surface area contributed by atoms with Gasteiger partial charge in [0.1, 0.15) is 5.82 Å². The minimum atomic E-state index is 0.0491. The minimum Gasteiger partial charge on any atom is -0.323 e. The van der Waals surface area contributed by atoms with Gasteiger partial charge in [-0.2, -0.15) is 0 Å². The number of carbonyl (C=O) groups excluding carboxylic acids is 1. The van der Waals surface area contributed by atoms with Gasteiger partial charge in [-0.15, -0.1) is 0 Å². The van der Waals surface area contributed by atoms with Gasteiger partial charge in [0, 0.05) is 36.1 Å². The third-order valence-electron chi connectivity index (χ3n) is 5.95. The number of hydrogen-bond acceptors (Lipinski definition) is 2. The molecule has 1 atom stereocenters. The number of anilines is 1. The number of imidazole rings is 1. The molecule has 2 heterocycles. The van der Waals surface area contributed by atoms with Crippen molar-refractivity contribution in [3.05, 3.63) is 94.3 Å². The summed E-state index contributed by atoms with van der Waals surface area (Å²) in [6.45, 7) is 5.48. The van der Waals surface area contributed by atoms with Crippen LogP contribution in [0.2, 0.25) is 5.02 Å². The Bertz CT molecular complexity index is 1260. The number of rotatable bonds is 4. The molecule has 1 fully saturated rings. The van der Waals surface area contributed by atoms with Crippen molar-refractivity contribution in [1.82, 2.24) is 9.55 Å². The van der Waals surface area contributed by atoms with E-state index in [-0.39, 0.29) is 11.8 Å². The monoisotopic (exact) mass is 429 g/mol. The molecular formula is C26H24ClN3O. The van der Waals surface area contributed by atoms with Crippen molar-refractivity contribution >= 4 is 34.2 Å². The van der Waals surface area contributed by atoms with E-state index in [1.54, 1.807) is 0 Å². The van der Waals surface area contributed by atoms with Gasteiger partial charge in [-0.05, 0) is 66.9 Å². The van der Waals surface area contributed by atoms with Crippen LogP contribution in [0.1, 0.15) is 34.9 Å². The first-order valence-corrected chi connectivity index (χ1v) is 10.9. The average molecular weight is 430 g/mol. The van der Waals surface area contributed by atoms with Gasteiger partial charge in [0.15, 0.2) is 0 Å². The van der Waals surface area contributed by atoms with Gasteiger partial charge >= 0.3 is 0 Å². The van der Waals surface area contributed by atoms with Crippen LogP contribution in [0.15, 0.2) is 66.7 Å². The normalized spacial score (nSPS) is 16.4. The molecule has 1 aromatic heterocycles. The van der Waals surface area contributed by atoms with E-state index in [1.165, 1.54) is 11.1 Å². The molecule has 156 valence electrons. The van der Waals surface area contributed by atoms with E-state index in [9.17, 15) is 4.79 Å². The Balaban J connectivity index is 1.52. The molecule has 31 heavy (non-hydrogen) atoms. The summed E-state index contributed by atoms with van der Waals surface area (Å²) in [4.78, 5) is 19.9. The maximum absolute atomic E-state index is 13.0. The fourth-order valence-corrected chi connectivity index (χ4v) is 4.71. The molecule has 4 nitrogen and oxygen atoms in total. The van der Waals surface area contributed by atoms with Crippen molar-refractivity contribution in [2.45, 2.75) is 32.7 Å². The average Bonchev–Trinajstić information content (AvgIpc) is 3.30. The Morgan fingerprint density at radius 1 is 1.00 bits per heavy atom. The van der Waals surface area contributed by atoms with Crippen LogP contribution in [0.5, 0.6) is 0 Å². The predicted octanol–water partition coefficient (Wildman–Crippen LogP) is 5.88. The Morgan fingerprint density at radius 2 is 1.71 bits per heavy atom. The fourth-order valence-electron chi connectivity index (χ4n) is 4.58. The van der Waals surface area contributed by atoms with E-state index in [4.69, 9.17) is 16.6 Å². The minimum absolute atomic E-state index is 0.0491. The van der Waals surface area contributed by atoms with Gasteiger partial charge in [0.25, 0.3) is 0 Å². The van der Waals surface area contributed by atoms with Crippen molar-refractivity contribution in [3.63, 3.8) is 0 Å². The van der Waals surface area contributed by atoms with E-state index < -0.39 is 0 Å². The number of nitrogens with zero attached hydrogens (tertiary/aromatic N) is 3. The van der Waals surface area contributed by atoms with Crippen LogP contribution in [-0.2, 0) is 11.3 Å². The van der Waals surface area contributed by atoms with Gasteiger partial charge < -0.3 is 9.47 Å². The van der Waals surface area contributed by atoms with Crippen LogP contribution in [0.25, 0.3) is 11.0 Å². The maximum atomic E-state index is 13.0. The summed E-state index contributed by atoms with van der Waals surface area (Å²) in [5.74, 6) is 1.17. The fraction of sp³-hybridized carbons (Fsp3) is 0.231. The van der Waals surface area contributed by atoms with Crippen molar-refractivity contribution < 1.29 is 4.79 Å². The zero-order chi connectivity index (χ0) is 21.5. The molecular weight excluding hydrogens is 406 g/mol. The standard InChI is InChI=1S/C26H24ClN3O/c1-17-11-18(2)13-22(12-17)29-16-20(14-25(29)31)26-28-23-5-3-4-6-24(23)30(26)15-19-7-9-21(27)10-8-19/h3-13,20H,14-16H2,1-2H3/t20-/m1/s1. The summed E-state index contributed by atoms with van der Waals surface area (Å²) < 4.78 is 2.25. The molecule has 0 saturated carbocycles. The van der Waals surface area contributed by atoms with Crippen LogP contribution in [0.3, 0.4) is 0 Å². The summed E-state index contributed by atoms with van der Waals surface area (Å²) in [5.41, 5.74) is 6.52. The number of carbonyl (C=O) groups is 1. The molecule has 1 aliphatic rings. The summed E-state index contributed by atoms with van der Waals surface area (Å²) in [6, 6.07) is 22.4. The zero-order valence-electron chi connectivity index (χ0n) is 17.7. The van der Waals surface area contributed by atoms with Crippen LogP contribution >= 0.6 is 11.6 Å². The summed E-state index contributed by atoms with van der Waals surface area (Å²) in [6.07, 6.45) is 0.469. The first-order valence-electron chi connectivity index (χ1n) is 10.6. The van der Waals surface area contributed by atoms with Crippen molar-refractivity contribution in [2.75, 3.05) is 11.4 Å². The van der Waals surface area contributed by atoms with Crippen LogP contribution < -0.4 is 4.90 Å². The smallest absolute Gasteiger partial charge is 0.227 e. The number of amides is 1. The Labute approximate surface area is 187 Å². The third kappa shape index (κ3) is 3.84. The van der Waals surface area contributed by atoms with Gasteiger partial charge in [-0.3, -0.25) is 4.79 Å². The molecule has 0 unspecified atom stereocenters. The van der Waals surface area contributed by atoms with E-state index in [0.29, 0.717) is 19.5 Å². The molecule has 0 aliphatic carbocycles. The van der Waals surface area contributed by atoms with Crippen LogP contribution in [-0.4, -0.2) is 22.0 Å². The van der Waals surface area contributed by atoms with Crippen molar-refractivity contribution in [2.24, 2.45) is 0 Å². The highest BCUT2D eigenvalue weighted by Crippen LogP contribution is 2.34. The first-order chi connectivity index (χ1) is 15.0. The molecule has 0 bridgehead atoms.